The van der Waals surface area contributed by atoms with Crippen LogP contribution >= 0.6 is 35.3 Å². The molecule has 0 bridgehead atoms. The van der Waals surface area contributed by atoms with E-state index in [0.717, 1.165) is 48.9 Å². The van der Waals surface area contributed by atoms with Crippen LogP contribution in [0, 0.1) is 0 Å². The Morgan fingerprint density at radius 2 is 1.85 bits per heavy atom. The van der Waals surface area contributed by atoms with Crippen LogP contribution < -0.4 is 10.6 Å². The fourth-order valence-electron chi connectivity index (χ4n) is 2.38. The Kier molecular flexibility index (Phi) is 10.7. The van der Waals surface area contributed by atoms with E-state index in [0.29, 0.717) is 11.0 Å². The van der Waals surface area contributed by atoms with Gasteiger partial charge in [0.15, 0.2) is 11.7 Å². The minimum Gasteiger partial charge on any atom is -0.356 e. The number of hydrogen-bond acceptors (Lipinski definition) is 3. The molecular weight excluding hydrogens is 488 g/mol. The SMILES string of the molecule is CN=C(NCCCCCc1ccccc1)NCc1nc(C(F)(F)F)cs1.I. The highest BCUT2D eigenvalue weighted by molar-refractivity contribution is 14.0. The van der Waals surface area contributed by atoms with Crippen molar-refractivity contribution in [2.24, 2.45) is 4.99 Å². The highest BCUT2D eigenvalue weighted by Gasteiger charge is 2.33. The van der Waals surface area contributed by atoms with E-state index in [4.69, 9.17) is 0 Å². The summed E-state index contributed by atoms with van der Waals surface area (Å²) in [4.78, 5) is 7.66. The van der Waals surface area contributed by atoms with Crippen molar-refractivity contribution in [1.82, 2.24) is 15.6 Å². The topological polar surface area (TPSA) is 49.3 Å². The molecule has 0 atom stereocenters. The number of halogens is 4. The number of aromatic nitrogens is 1. The first kappa shape index (κ1) is 23.7. The van der Waals surface area contributed by atoms with Gasteiger partial charge in [0.1, 0.15) is 5.01 Å². The summed E-state index contributed by atoms with van der Waals surface area (Å²) in [6, 6.07) is 10.4. The minimum atomic E-state index is -4.39. The molecule has 2 rings (SSSR count). The molecule has 4 nitrogen and oxygen atoms in total. The van der Waals surface area contributed by atoms with Gasteiger partial charge in [0, 0.05) is 19.0 Å². The van der Waals surface area contributed by atoms with E-state index in [1.807, 2.05) is 18.2 Å². The lowest BCUT2D eigenvalue weighted by Crippen LogP contribution is -2.37. The summed E-state index contributed by atoms with van der Waals surface area (Å²) in [6.07, 6.45) is -0.103. The zero-order chi connectivity index (χ0) is 18.8. The largest absolute Gasteiger partial charge is 0.434 e. The molecule has 0 aliphatic heterocycles. The fraction of sp³-hybridized carbons (Fsp3) is 0.444. The van der Waals surface area contributed by atoms with Gasteiger partial charge in [0.2, 0.25) is 0 Å². The second-order valence-electron chi connectivity index (χ2n) is 5.77. The van der Waals surface area contributed by atoms with Gasteiger partial charge < -0.3 is 10.6 Å². The van der Waals surface area contributed by atoms with E-state index in [1.54, 1.807) is 7.05 Å². The van der Waals surface area contributed by atoms with E-state index >= 15 is 0 Å². The minimum absolute atomic E-state index is 0. The molecule has 2 N–H and O–H groups in total. The Bertz CT molecular complexity index is 689. The second-order valence-corrected chi connectivity index (χ2v) is 6.72. The maximum absolute atomic E-state index is 12.5. The summed E-state index contributed by atoms with van der Waals surface area (Å²) < 4.78 is 37.6. The molecule has 0 spiro atoms. The van der Waals surface area contributed by atoms with E-state index in [2.05, 4.69) is 32.7 Å². The van der Waals surface area contributed by atoms with Crippen LogP contribution in [0.3, 0.4) is 0 Å². The van der Waals surface area contributed by atoms with Crippen LogP contribution in [0.5, 0.6) is 0 Å². The average Bonchev–Trinajstić information content (AvgIpc) is 3.11. The molecule has 0 saturated heterocycles. The quantitative estimate of drug-likeness (QED) is 0.230. The van der Waals surface area contributed by atoms with Gasteiger partial charge in [-0.3, -0.25) is 4.99 Å². The summed E-state index contributed by atoms with van der Waals surface area (Å²) in [5.41, 5.74) is 0.500. The smallest absolute Gasteiger partial charge is 0.356 e. The zero-order valence-electron chi connectivity index (χ0n) is 15.1. The molecule has 9 heteroatoms. The number of rotatable bonds is 8. The maximum Gasteiger partial charge on any atom is 0.434 e. The highest BCUT2D eigenvalue weighted by Crippen LogP contribution is 2.29. The number of thiazole rings is 1. The van der Waals surface area contributed by atoms with Gasteiger partial charge in [-0.15, -0.1) is 35.3 Å². The van der Waals surface area contributed by atoms with Crippen molar-refractivity contribution < 1.29 is 13.2 Å². The predicted octanol–water partition coefficient (Wildman–Crippen LogP) is 4.86. The van der Waals surface area contributed by atoms with Crippen molar-refractivity contribution in [2.75, 3.05) is 13.6 Å². The highest BCUT2D eigenvalue weighted by atomic mass is 127. The molecule has 2 aromatic rings. The van der Waals surface area contributed by atoms with Crippen LogP contribution in [0.2, 0.25) is 0 Å². The normalized spacial score (nSPS) is 11.8. The van der Waals surface area contributed by atoms with Crippen molar-refractivity contribution in [3.63, 3.8) is 0 Å². The molecule has 0 amide bonds. The lowest BCUT2D eigenvalue weighted by molar-refractivity contribution is -0.140. The van der Waals surface area contributed by atoms with Crippen LogP contribution in [0.25, 0.3) is 0 Å². The summed E-state index contributed by atoms with van der Waals surface area (Å²) in [5, 5.41) is 7.56. The van der Waals surface area contributed by atoms with Crippen molar-refractivity contribution in [1.29, 1.82) is 0 Å². The van der Waals surface area contributed by atoms with Gasteiger partial charge in [-0.25, -0.2) is 4.98 Å². The number of unbranched alkanes of at least 4 members (excludes halogenated alkanes) is 2. The molecule has 0 saturated carbocycles. The molecular formula is C18H24F3IN4S. The van der Waals surface area contributed by atoms with Gasteiger partial charge in [-0.1, -0.05) is 36.8 Å². The van der Waals surface area contributed by atoms with Crippen molar-refractivity contribution >= 4 is 41.3 Å². The van der Waals surface area contributed by atoms with Gasteiger partial charge in [-0.05, 0) is 24.8 Å². The van der Waals surface area contributed by atoms with Gasteiger partial charge in [0.25, 0.3) is 0 Å². The maximum atomic E-state index is 12.5. The molecule has 27 heavy (non-hydrogen) atoms. The first-order valence-electron chi connectivity index (χ1n) is 8.49. The van der Waals surface area contributed by atoms with E-state index < -0.39 is 11.9 Å². The lowest BCUT2D eigenvalue weighted by atomic mass is 10.1. The Hall–Kier alpha value is -1.36. The molecule has 0 aliphatic carbocycles. The Balaban J connectivity index is 0.00000364. The van der Waals surface area contributed by atoms with Crippen molar-refractivity contribution in [3.05, 3.63) is 52.0 Å². The monoisotopic (exact) mass is 512 g/mol. The summed E-state index contributed by atoms with van der Waals surface area (Å²) in [7, 11) is 1.63. The number of guanidine groups is 1. The standard InChI is InChI=1S/C18H23F3N4S.HI/c1-22-17(24-12-16-25-15(13-26-16)18(19,20)21)23-11-7-3-6-10-14-8-4-2-5-9-14;/h2,4-5,8-9,13H,3,6-7,10-12H2,1H3,(H2,22,23,24);1H. The van der Waals surface area contributed by atoms with Gasteiger partial charge in [-0.2, -0.15) is 13.2 Å². The lowest BCUT2D eigenvalue weighted by Gasteiger charge is -2.10. The van der Waals surface area contributed by atoms with Crippen molar-refractivity contribution in [3.8, 4) is 0 Å². The summed E-state index contributed by atoms with van der Waals surface area (Å²) in [5.74, 6) is 0.566. The Labute approximate surface area is 178 Å². The van der Waals surface area contributed by atoms with Gasteiger partial charge >= 0.3 is 6.18 Å². The third-order valence-electron chi connectivity index (χ3n) is 3.75. The number of alkyl halides is 3. The molecule has 1 aromatic heterocycles. The molecule has 0 aliphatic rings. The number of nitrogens with one attached hydrogen (secondary N) is 2. The van der Waals surface area contributed by atoms with Crippen molar-refractivity contribution in [2.45, 2.75) is 38.4 Å². The van der Waals surface area contributed by atoms with Gasteiger partial charge in [0.05, 0.1) is 6.54 Å². The van der Waals surface area contributed by atoms with E-state index in [1.165, 1.54) is 5.56 Å². The zero-order valence-corrected chi connectivity index (χ0v) is 18.2. The average molecular weight is 512 g/mol. The van der Waals surface area contributed by atoms with E-state index in [-0.39, 0.29) is 30.5 Å². The van der Waals surface area contributed by atoms with Crippen LogP contribution in [-0.4, -0.2) is 24.5 Å². The second kappa shape index (κ2) is 12.2. The molecule has 150 valence electrons. The van der Waals surface area contributed by atoms with Crippen LogP contribution in [0.15, 0.2) is 40.7 Å². The third kappa shape index (κ3) is 8.91. The number of aliphatic imine (C=N–C) groups is 1. The number of hydrogen-bond donors (Lipinski definition) is 2. The number of nitrogens with zero attached hydrogens (tertiary/aromatic N) is 2. The molecule has 1 aromatic carbocycles. The number of aryl methyl sites for hydroxylation is 1. The third-order valence-corrected chi connectivity index (χ3v) is 4.60. The molecule has 0 unspecified atom stereocenters. The number of benzene rings is 1. The molecule has 0 fully saturated rings. The summed E-state index contributed by atoms with van der Waals surface area (Å²) in [6.45, 7) is 0.981. The van der Waals surface area contributed by atoms with Crippen LogP contribution in [-0.2, 0) is 19.1 Å². The molecule has 1 heterocycles. The van der Waals surface area contributed by atoms with Crippen LogP contribution in [0.1, 0.15) is 35.5 Å². The van der Waals surface area contributed by atoms with E-state index in [9.17, 15) is 13.2 Å². The first-order valence-corrected chi connectivity index (χ1v) is 9.37. The molecule has 0 radical (unpaired) electrons. The van der Waals surface area contributed by atoms with Crippen LogP contribution in [0.4, 0.5) is 13.2 Å². The summed E-state index contributed by atoms with van der Waals surface area (Å²) >= 11 is 0.985. The fourth-order valence-corrected chi connectivity index (χ4v) is 3.13. The Morgan fingerprint density at radius 1 is 1.11 bits per heavy atom. The Morgan fingerprint density at radius 3 is 2.48 bits per heavy atom. The first-order chi connectivity index (χ1) is 12.5. The predicted molar refractivity (Wildman–Crippen MR) is 115 cm³/mol.